The number of hydrogen-bond donors (Lipinski definition) is 1. The molecule has 0 saturated carbocycles. The molecular weight excluding hydrogens is 362 g/mol. The van der Waals surface area contributed by atoms with Crippen LogP contribution in [0, 0.1) is 0 Å². The molecule has 2 saturated heterocycles. The molecular formula is C20H26ClN5O. The Balaban J connectivity index is 1.36. The van der Waals surface area contributed by atoms with E-state index in [1.807, 2.05) is 24.4 Å². The van der Waals surface area contributed by atoms with Crippen molar-refractivity contribution in [1.29, 1.82) is 0 Å². The molecule has 3 heterocycles. The van der Waals surface area contributed by atoms with Crippen LogP contribution in [-0.2, 0) is 11.3 Å². The zero-order chi connectivity index (χ0) is 18.5. The summed E-state index contributed by atoms with van der Waals surface area (Å²) in [6, 6.07) is 10.5. The molecule has 1 N–H and O–H groups in total. The number of aromatic nitrogens is 2. The van der Waals surface area contributed by atoms with Crippen LogP contribution >= 0.6 is 11.6 Å². The lowest BCUT2D eigenvalue weighted by atomic mass is 10.0. The lowest BCUT2D eigenvalue weighted by Gasteiger charge is -2.33. The summed E-state index contributed by atoms with van der Waals surface area (Å²) >= 11 is 6.12. The Kier molecular flexibility index (Phi) is 6.07. The first-order valence-corrected chi connectivity index (χ1v) is 10.0. The number of likely N-dealkylation sites (tertiary alicyclic amines) is 1. The summed E-state index contributed by atoms with van der Waals surface area (Å²) in [5.41, 5.74) is 1.26. The quantitative estimate of drug-likeness (QED) is 0.851. The number of morpholine rings is 1. The van der Waals surface area contributed by atoms with Gasteiger partial charge in [0.05, 0.1) is 13.2 Å². The minimum Gasteiger partial charge on any atom is -0.378 e. The molecule has 2 fully saturated rings. The highest BCUT2D eigenvalue weighted by atomic mass is 35.5. The Hall–Kier alpha value is -1.89. The Morgan fingerprint density at radius 3 is 2.93 bits per heavy atom. The van der Waals surface area contributed by atoms with Gasteiger partial charge in [-0.2, -0.15) is 4.98 Å². The van der Waals surface area contributed by atoms with E-state index in [9.17, 15) is 0 Å². The van der Waals surface area contributed by atoms with Crippen molar-refractivity contribution in [2.75, 3.05) is 49.6 Å². The molecule has 0 bridgehead atoms. The number of benzene rings is 1. The van der Waals surface area contributed by atoms with E-state index in [2.05, 4.69) is 32.2 Å². The molecule has 2 aliphatic rings. The van der Waals surface area contributed by atoms with Crippen molar-refractivity contribution in [3.8, 4) is 0 Å². The average molecular weight is 388 g/mol. The second-order valence-electron chi connectivity index (χ2n) is 7.19. The summed E-state index contributed by atoms with van der Waals surface area (Å²) in [5.74, 6) is 1.69. The fourth-order valence-corrected chi connectivity index (χ4v) is 3.98. The van der Waals surface area contributed by atoms with Crippen molar-refractivity contribution in [1.82, 2.24) is 14.9 Å². The third-order valence-electron chi connectivity index (χ3n) is 5.09. The minimum absolute atomic E-state index is 0.394. The van der Waals surface area contributed by atoms with E-state index in [0.717, 1.165) is 69.1 Å². The van der Waals surface area contributed by atoms with Gasteiger partial charge in [-0.1, -0.05) is 23.7 Å². The minimum atomic E-state index is 0.394. The molecule has 1 unspecified atom stereocenters. The second-order valence-corrected chi connectivity index (χ2v) is 7.63. The van der Waals surface area contributed by atoms with Crippen molar-refractivity contribution in [3.63, 3.8) is 0 Å². The summed E-state index contributed by atoms with van der Waals surface area (Å²) < 4.78 is 5.41. The fourth-order valence-electron chi connectivity index (χ4n) is 3.76. The predicted molar refractivity (Wildman–Crippen MR) is 108 cm³/mol. The Labute approximate surface area is 165 Å². The average Bonchev–Trinajstić information content (AvgIpc) is 2.69. The maximum Gasteiger partial charge on any atom is 0.227 e. The molecule has 1 aromatic heterocycles. The van der Waals surface area contributed by atoms with Gasteiger partial charge < -0.3 is 15.0 Å². The largest absolute Gasteiger partial charge is 0.378 e. The van der Waals surface area contributed by atoms with Crippen LogP contribution < -0.4 is 10.2 Å². The lowest BCUT2D eigenvalue weighted by Crippen LogP contribution is -2.42. The molecule has 7 heteroatoms. The van der Waals surface area contributed by atoms with E-state index in [4.69, 9.17) is 21.3 Å². The van der Waals surface area contributed by atoms with E-state index >= 15 is 0 Å². The van der Waals surface area contributed by atoms with Crippen LogP contribution in [0.1, 0.15) is 18.4 Å². The van der Waals surface area contributed by atoms with Gasteiger partial charge in [0, 0.05) is 43.4 Å². The molecule has 2 aliphatic heterocycles. The molecule has 1 atom stereocenters. The molecule has 6 nitrogen and oxygen atoms in total. The maximum absolute atomic E-state index is 6.12. The summed E-state index contributed by atoms with van der Waals surface area (Å²) in [4.78, 5) is 13.8. The van der Waals surface area contributed by atoms with Crippen molar-refractivity contribution in [2.45, 2.75) is 25.4 Å². The molecule has 0 aliphatic carbocycles. The smallest absolute Gasteiger partial charge is 0.227 e. The number of ether oxygens (including phenoxy) is 1. The molecule has 27 heavy (non-hydrogen) atoms. The molecule has 1 aromatic carbocycles. The van der Waals surface area contributed by atoms with Gasteiger partial charge >= 0.3 is 0 Å². The lowest BCUT2D eigenvalue weighted by molar-refractivity contribution is 0.122. The van der Waals surface area contributed by atoms with Gasteiger partial charge in [0.1, 0.15) is 5.82 Å². The van der Waals surface area contributed by atoms with Crippen LogP contribution in [0.2, 0.25) is 5.02 Å². The van der Waals surface area contributed by atoms with E-state index in [1.54, 1.807) is 0 Å². The summed E-state index contributed by atoms with van der Waals surface area (Å²) in [6.07, 6.45) is 4.18. The van der Waals surface area contributed by atoms with Gasteiger partial charge in [-0.05, 0) is 43.1 Å². The molecule has 0 amide bonds. The SMILES string of the molecule is Clc1cccc(CN2CCCC(Nc3ccnc(N4CCOCC4)n3)C2)c1. The third kappa shape index (κ3) is 5.09. The van der Waals surface area contributed by atoms with E-state index < -0.39 is 0 Å². The molecule has 144 valence electrons. The Morgan fingerprint density at radius 1 is 1.19 bits per heavy atom. The van der Waals surface area contributed by atoms with Gasteiger partial charge in [-0.15, -0.1) is 0 Å². The standard InChI is InChI=1S/C20H26ClN5O/c21-17-4-1-3-16(13-17)14-25-8-2-5-18(15-25)23-19-6-7-22-20(24-19)26-9-11-27-12-10-26/h1,3-4,6-7,13,18H,2,5,8-12,14-15H2,(H,22,23,24). The highest BCUT2D eigenvalue weighted by Crippen LogP contribution is 2.20. The van der Waals surface area contributed by atoms with Gasteiger partial charge in [0.15, 0.2) is 0 Å². The van der Waals surface area contributed by atoms with Gasteiger partial charge in [-0.25, -0.2) is 4.98 Å². The highest BCUT2D eigenvalue weighted by Gasteiger charge is 2.21. The van der Waals surface area contributed by atoms with E-state index in [0.29, 0.717) is 6.04 Å². The van der Waals surface area contributed by atoms with Gasteiger partial charge in [-0.3, -0.25) is 4.90 Å². The van der Waals surface area contributed by atoms with Crippen LogP contribution in [0.5, 0.6) is 0 Å². The number of halogens is 1. The molecule has 2 aromatic rings. The van der Waals surface area contributed by atoms with Crippen molar-refractivity contribution >= 4 is 23.4 Å². The third-order valence-corrected chi connectivity index (χ3v) is 5.32. The first-order valence-electron chi connectivity index (χ1n) is 9.65. The molecule has 0 spiro atoms. The van der Waals surface area contributed by atoms with Crippen molar-refractivity contribution in [3.05, 3.63) is 47.1 Å². The number of rotatable bonds is 5. The second kappa shape index (κ2) is 8.87. The normalized spacial score (nSPS) is 21.2. The van der Waals surface area contributed by atoms with Crippen LogP contribution in [0.4, 0.5) is 11.8 Å². The molecule has 0 radical (unpaired) electrons. The van der Waals surface area contributed by atoms with Crippen LogP contribution in [-0.4, -0.2) is 60.3 Å². The highest BCUT2D eigenvalue weighted by molar-refractivity contribution is 6.30. The van der Waals surface area contributed by atoms with Crippen molar-refractivity contribution in [2.24, 2.45) is 0 Å². The molecule has 4 rings (SSSR count). The van der Waals surface area contributed by atoms with Crippen LogP contribution in [0.15, 0.2) is 36.5 Å². The van der Waals surface area contributed by atoms with E-state index in [-0.39, 0.29) is 0 Å². The van der Waals surface area contributed by atoms with Crippen molar-refractivity contribution < 1.29 is 4.74 Å². The zero-order valence-corrected chi connectivity index (χ0v) is 16.2. The first kappa shape index (κ1) is 18.5. The van der Waals surface area contributed by atoms with Gasteiger partial charge in [0.25, 0.3) is 0 Å². The van der Waals surface area contributed by atoms with Gasteiger partial charge in [0.2, 0.25) is 5.95 Å². The Bertz CT molecular complexity index is 753. The number of piperidine rings is 1. The van der Waals surface area contributed by atoms with Crippen LogP contribution in [0.25, 0.3) is 0 Å². The number of hydrogen-bond acceptors (Lipinski definition) is 6. The van der Waals surface area contributed by atoms with Crippen LogP contribution in [0.3, 0.4) is 0 Å². The summed E-state index contributed by atoms with van der Waals surface area (Å²) in [7, 11) is 0. The number of anilines is 2. The predicted octanol–water partition coefficient (Wildman–Crippen LogP) is 3.04. The topological polar surface area (TPSA) is 53.5 Å². The zero-order valence-electron chi connectivity index (χ0n) is 15.5. The number of nitrogens with one attached hydrogen (secondary N) is 1. The fraction of sp³-hybridized carbons (Fsp3) is 0.500. The summed E-state index contributed by atoms with van der Waals surface area (Å²) in [5, 5.41) is 4.41. The monoisotopic (exact) mass is 387 g/mol. The number of nitrogens with zero attached hydrogens (tertiary/aromatic N) is 4. The summed E-state index contributed by atoms with van der Waals surface area (Å²) in [6.45, 7) is 6.23. The first-order chi connectivity index (χ1) is 13.3. The maximum atomic E-state index is 6.12. The van der Waals surface area contributed by atoms with E-state index in [1.165, 1.54) is 12.0 Å². The Morgan fingerprint density at radius 2 is 2.07 bits per heavy atom.